The fraction of sp³-hybridized carbons (Fsp3) is 0.148. The summed E-state index contributed by atoms with van der Waals surface area (Å²) in [5.74, 6) is 0.875. The van der Waals surface area contributed by atoms with Crippen molar-refractivity contribution in [2.75, 3.05) is 36.6 Å². The summed E-state index contributed by atoms with van der Waals surface area (Å²) in [6.45, 7) is 2.67. The van der Waals surface area contributed by atoms with Crippen LogP contribution < -0.4 is 16.0 Å². The molecule has 0 radical (unpaired) electrons. The van der Waals surface area contributed by atoms with Gasteiger partial charge in [-0.3, -0.25) is 4.79 Å². The number of nitrogens with one attached hydrogen (secondary N) is 3. The summed E-state index contributed by atoms with van der Waals surface area (Å²) in [5.41, 5.74) is 3.31. The second-order valence-corrected chi connectivity index (χ2v) is 8.79. The van der Waals surface area contributed by atoms with Crippen molar-refractivity contribution in [1.29, 1.82) is 0 Å². The molecule has 1 aromatic heterocycles. The highest BCUT2D eigenvalue weighted by molar-refractivity contribution is 6.35. The SMILES string of the molecule is Cc1ccc(NC(=O)/C=C/CN(C)C)cc1Nc1nccc(Nc2cc(Cl)c3ccccc3c2)n1. The first kappa shape index (κ1) is 24.2. The third-order valence-corrected chi connectivity index (χ3v) is 5.54. The maximum Gasteiger partial charge on any atom is 0.248 e. The van der Waals surface area contributed by atoms with Crippen LogP contribution in [0.1, 0.15) is 5.56 Å². The topological polar surface area (TPSA) is 82.2 Å². The maximum atomic E-state index is 12.2. The number of fused-ring (bicyclic) bond motifs is 1. The predicted octanol–water partition coefficient (Wildman–Crippen LogP) is 6.14. The van der Waals surface area contributed by atoms with Gasteiger partial charge >= 0.3 is 0 Å². The maximum absolute atomic E-state index is 12.2. The van der Waals surface area contributed by atoms with E-state index in [9.17, 15) is 4.79 Å². The Labute approximate surface area is 209 Å². The summed E-state index contributed by atoms with van der Waals surface area (Å²) in [6.07, 6.45) is 5.03. The molecule has 178 valence electrons. The summed E-state index contributed by atoms with van der Waals surface area (Å²) in [4.78, 5) is 23.1. The molecule has 1 heterocycles. The zero-order valence-electron chi connectivity index (χ0n) is 19.8. The number of amides is 1. The fourth-order valence-corrected chi connectivity index (χ4v) is 3.77. The van der Waals surface area contributed by atoms with E-state index in [0.29, 0.717) is 29.0 Å². The molecule has 0 atom stereocenters. The van der Waals surface area contributed by atoms with Gasteiger partial charge in [0.2, 0.25) is 11.9 Å². The largest absolute Gasteiger partial charge is 0.340 e. The van der Waals surface area contributed by atoms with E-state index in [2.05, 4.69) is 25.9 Å². The monoisotopic (exact) mass is 486 g/mol. The van der Waals surface area contributed by atoms with Crippen LogP contribution in [0.15, 0.2) is 79.0 Å². The average molecular weight is 487 g/mol. The Balaban J connectivity index is 1.48. The lowest BCUT2D eigenvalue weighted by atomic mass is 10.1. The lowest BCUT2D eigenvalue weighted by Crippen LogP contribution is -2.13. The second kappa shape index (κ2) is 11.0. The number of carbonyl (C=O) groups excluding carboxylic acids is 1. The minimum absolute atomic E-state index is 0.182. The number of hydrogen-bond donors (Lipinski definition) is 3. The number of likely N-dealkylation sites (N-methyl/N-ethyl adjacent to an activating group) is 1. The molecule has 4 aromatic rings. The van der Waals surface area contributed by atoms with Crippen LogP contribution in [0.25, 0.3) is 10.8 Å². The number of hydrogen-bond acceptors (Lipinski definition) is 6. The Hall–Kier alpha value is -3.94. The van der Waals surface area contributed by atoms with E-state index < -0.39 is 0 Å². The van der Waals surface area contributed by atoms with E-state index in [1.54, 1.807) is 12.3 Å². The Bertz CT molecular complexity index is 1390. The molecule has 0 spiro atoms. The Morgan fingerprint density at radius 3 is 2.69 bits per heavy atom. The third-order valence-electron chi connectivity index (χ3n) is 5.23. The molecule has 0 saturated heterocycles. The molecule has 0 aliphatic carbocycles. The van der Waals surface area contributed by atoms with Crippen LogP contribution >= 0.6 is 11.6 Å². The van der Waals surface area contributed by atoms with Crippen molar-refractivity contribution in [2.24, 2.45) is 0 Å². The summed E-state index contributed by atoms with van der Waals surface area (Å²) in [6, 6.07) is 19.3. The second-order valence-electron chi connectivity index (χ2n) is 8.38. The molecule has 3 aromatic carbocycles. The highest BCUT2D eigenvalue weighted by atomic mass is 35.5. The van der Waals surface area contributed by atoms with Crippen molar-refractivity contribution in [2.45, 2.75) is 6.92 Å². The summed E-state index contributed by atoms with van der Waals surface area (Å²) in [7, 11) is 3.90. The van der Waals surface area contributed by atoms with E-state index in [1.807, 2.05) is 86.6 Å². The van der Waals surface area contributed by atoms with Gasteiger partial charge in [-0.2, -0.15) is 4.98 Å². The zero-order chi connectivity index (χ0) is 24.8. The van der Waals surface area contributed by atoms with Crippen molar-refractivity contribution >= 4 is 57.1 Å². The number of aromatic nitrogens is 2. The molecule has 0 fully saturated rings. The van der Waals surface area contributed by atoms with Crippen LogP contribution in [0.3, 0.4) is 0 Å². The van der Waals surface area contributed by atoms with E-state index in [0.717, 1.165) is 27.7 Å². The lowest BCUT2D eigenvalue weighted by molar-refractivity contribution is -0.111. The molecule has 35 heavy (non-hydrogen) atoms. The molecule has 0 saturated carbocycles. The van der Waals surface area contributed by atoms with Gasteiger partial charge in [0, 0.05) is 41.3 Å². The van der Waals surface area contributed by atoms with Crippen molar-refractivity contribution in [1.82, 2.24) is 14.9 Å². The molecule has 0 bridgehead atoms. The van der Waals surface area contributed by atoms with Gasteiger partial charge in [-0.1, -0.05) is 48.0 Å². The number of rotatable bonds is 8. The highest BCUT2D eigenvalue weighted by Gasteiger charge is 2.07. The molecule has 0 unspecified atom stereocenters. The van der Waals surface area contributed by atoms with Gasteiger partial charge in [0.15, 0.2) is 0 Å². The predicted molar refractivity (Wildman–Crippen MR) is 145 cm³/mol. The number of halogens is 1. The van der Waals surface area contributed by atoms with E-state index >= 15 is 0 Å². The minimum Gasteiger partial charge on any atom is -0.340 e. The summed E-state index contributed by atoms with van der Waals surface area (Å²) >= 11 is 6.46. The number of nitrogens with zero attached hydrogens (tertiary/aromatic N) is 3. The van der Waals surface area contributed by atoms with Crippen molar-refractivity contribution < 1.29 is 4.79 Å². The summed E-state index contributed by atoms with van der Waals surface area (Å²) in [5, 5.41) is 12.1. The van der Waals surface area contributed by atoms with E-state index in [4.69, 9.17) is 11.6 Å². The number of aryl methyl sites for hydroxylation is 1. The molecule has 0 aliphatic rings. The molecule has 8 heteroatoms. The van der Waals surface area contributed by atoms with Crippen LogP contribution in [0.4, 0.5) is 28.8 Å². The zero-order valence-corrected chi connectivity index (χ0v) is 20.6. The van der Waals surface area contributed by atoms with Gasteiger partial charge in [-0.25, -0.2) is 4.98 Å². The smallest absolute Gasteiger partial charge is 0.248 e. The molecule has 4 rings (SSSR count). The first-order chi connectivity index (χ1) is 16.9. The van der Waals surface area contributed by atoms with Crippen LogP contribution in [-0.4, -0.2) is 41.4 Å². The van der Waals surface area contributed by atoms with Crippen LogP contribution in [0.2, 0.25) is 5.02 Å². The summed E-state index contributed by atoms with van der Waals surface area (Å²) < 4.78 is 0. The Kier molecular flexibility index (Phi) is 7.60. The average Bonchev–Trinajstić information content (AvgIpc) is 2.81. The normalized spacial score (nSPS) is 11.2. The quantitative estimate of drug-likeness (QED) is 0.260. The fourth-order valence-electron chi connectivity index (χ4n) is 3.48. The Morgan fingerprint density at radius 2 is 1.86 bits per heavy atom. The van der Waals surface area contributed by atoms with E-state index in [1.165, 1.54) is 6.08 Å². The number of carbonyl (C=O) groups is 1. The van der Waals surface area contributed by atoms with Crippen molar-refractivity contribution in [3.05, 3.63) is 89.6 Å². The van der Waals surface area contributed by atoms with Gasteiger partial charge in [-0.05, 0) is 62.3 Å². The molecule has 1 amide bonds. The molecule has 3 N–H and O–H groups in total. The molecule has 0 aliphatic heterocycles. The molecular formula is C27H27ClN6O. The van der Waals surface area contributed by atoms with Gasteiger partial charge in [0.05, 0.1) is 5.02 Å². The van der Waals surface area contributed by atoms with E-state index in [-0.39, 0.29) is 5.91 Å². The first-order valence-corrected chi connectivity index (χ1v) is 11.5. The third kappa shape index (κ3) is 6.56. The van der Waals surface area contributed by atoms with Crippen molar-refractivity contribution in [3.63, 3.8) is 0 Å². The van der Waals surface area contributed by atoms with Crippen molar-refractivity contribution in [3.8, 4) is 0 Å². The first-order valence-electron chi connectivity index (χ1n) is 11.2. The molecular weight excluding hydrogens is 460 g/mol. The highest BCUT2D eigenvalue weighted by Crippen LogP contribution is 2.29. The van der Waals surface area contributed by atoms with Gasteiger partial charge in [0.1, 0.15) is 5.82 Å². The minimum atomic E-state index is -0.182. The Morgan fingerprint density at radius 1 is 1.03 bits per heavy atom. The van der Waals surface area contributed by atoms with Gasteiger partial charge in [0.25, 0.3) is 0 Å². The number of benzene rings is 3. The van der Waals surface area contributed by atoms with Crippen LogP contribution in [-0.2, 0) is 4.79 Å². The number of anilines is 5. The van der Waals surface area contributed by atoms with Crippen LogP contribution in [0, 0.1) is 6.92 Å². The van der Waals surface area contributed by atoms with Crippen LogP contribution in [0.5, 0.6) is 0 Å². The van der Waals surface area contributed by atoms with Gasteiger partial charge < -0.3 is 20.9 Å². The van der Waals surface area contributed by atoms with Gasteiger partial charge in [-0.15, -0.1) is 0 Å². The molecule has 7 nitrogen and oxygen atoms in total. The standard InChI is InChI=1S/C27H27ClN6O/c1-18-10-11-20(31-26(35)9-6-14-34(2)3)17-24(18)32-27-29-13-12-25(33-27)30-21-15-19-7-4-5-8-22(19)23(28)16-21/h4-13,15-17H,14H2,1-3H3,(H,31,35)(H2,29,30,32,33)/b9-6+. The lowest BCUT2D eigenvalue weighted by Gasteiger charge is -2.12.